The number of carboxylic acid groups (broad SMARTS) is 1. The summed E-state index contributed by atoms with van der Waals surface area (Å²) in [5.74, 6) is -1.09. The number of nitrogens with zero attached hydrogens (tertiary/aromatic N) is 3. The van der Waals surface area contributed by atoms with Gasteiger partial charge in [0.05, 0.1) is 12.8 Å². The van der Waals surface area contributed by atoms with Crippen LogP contribution < -0.4 is 4.74 Å². The standard InChI is InChI=1S/C20H24FN3O3/c1-14-4-3-7-22-17(14)13-23-8-10-24(11-9-23)19(20(25)26)16-12-15(21)5-6-18(16)27-2/h3-7,12,19H,8-11,13H2,1-2H3,(H,25,26). The molecular weight excluding hydrogens is 349 g/mol. The summed E-state index contributed by atoms with van der Waals surface area (Å²) < 4.78 is 19.0. The predicted molar refractivity (Wildman–Crippen MR) is 99.2 cm³/mol. The van der Waals surface area contributed by atoms with Crippen LogP contribution in [0.2, 0.25) is 0 Å². The van der Waals surface area contributed by atoms with E-state index in [0.29, 0.717) is 24.4 Å². The topological polar surface area (TPSA) is 65.9 Å². The summed E-state index contributed by atoms with van der Waals surface area (Å²) in [6.07, 6.45) is 1.79. The van der Waals surface area contributed by atoms with Crippen molar-refractivity contribution in [1.82, 2.24) is 14.8 Å². The van der Waals surface area contributed by atoms with Gasteiger partial charge in [0.15, 0.2) is 0 Å². The van der Waals surface area contributed by atoms with Gasteiger partial charge in [-0.1, -0.05) is 6.07 Å². The Labute approximate surface area is 158 Å². The first kappa shape index (κ1) is 19.3. The smallest absolute Gasteiger partial charge is 0.325 e. The van der Waals surface area contributed by atoms with Crippen molar-refractivity contribution in [2.75, 3.05) is 33.3 Å². The minimum atomic E-state index is -1.01. The van der Waals surface area contributed by atoms with Gasteiger partial charge in [-0.15, -0.1) is 0 Å². The summed E-state index contributed by atoms with van der Waals surface area (Å²) in [4.78, 5) is 20.5. The van der Waals surface area contributed by atoms with Gasteiger partial charge in [0.25, 0.3) is 0 Å². The molecule has 1 aromatic heterocycles. The monoisotopic (exact) mass is 373 g/mol. The number of halogens is 1. The molecule has 0 amide bonds. The molecule has 27 heavy (non-hydrogen) atoms. The van der Waals surface area contributed by atoms with Gasteiger partial charge in [-0.3, -0.25) is 19.6 Å². The largest absolute Gasteiger partial charge is 0.496 e. The van der Waals surface area contributed by atoms with E-state index in [2.05, 4.69) is 9.88 Å². The molecule has 0 saturated carbocycles. The van der Waals surface area contributed by atoms with Crippen molar-refractivity contribution in [3.63, 3.8) is 0 Å². The number of hydrogen-bond donors (Lipinski definition) is 1. The van der Waals surface area contributed by atoms with Gasteiger partial charge in [-0.2, -0.15) is 0 Å². The first-order valence-electron chi connectivity index (χ1n) is 8.92. The van der Waals surface area contributed by atoms with Crippen molar-refractivity contribution in [3.8, 4) is 5.75 Å². The zero-order valence-corrected chi connectivity index (χ0v) is 15.6. The summed E-state index contributed by atoms with van der Waals surface area (Å²) in [6, 6.07) is 7.01. The fourth-order valence-corrected chi connectivity index (χ4v) is 3.48. The van der Waals surface area contributed by atoms with Gasteiger partial charge in [0.1, 0.15) is 17.6 Å². The molecule has 6 nitrogen and oxygen atoms in total. The molecule has 1 saturated heterocycles. The molecule has 1 N–H and O–H groups in total. The van der Waals surface area contributed by atoms with Crippen molar-refractivity contribution < 1.29 is 19.0 Å². The van der Waals surface area contributed by atoms with Crippen LogP contribution in [0.5, 0.6) is 5.75 Å². The van der Waals surface area contributed by atoms with Crippen molar-refractivity contribution in [3.05, 3.63) is 59.2 Å². The van der Waals surface area contributed by atoms with Crippen molar-refractivity contribution >= 4 is 5.97 Å². The van der Waals surface area contributed by atoms with E-state index in [4.69, 9.17) is 4.74 Å². The second-order valence-electron chi connectivity index (χ2n) is 6.71. The number of aliphatic carboxylic acids is 1. The van der Waals surface area contributed by atoms with Gasteiger partial charge in [0.2, 0.25) is 0 Å². The fourth-order valence-electron chi connectivity index (χ4n) is 3.48. The highest BCUT2D eigenvalue weighted by Gasteiger charge is 2.32. The summed E-state index contributed by atoms with van der Waals surface area (Å²) in [5, 5.41) is 9.78. The number of aryl methyl sites for hydroxylation is 1. The first-order chi connectivity index (χ1) is 13.0. The molecule has 1 aromatic carbocycles. The third-order valence-corrected chi connectivity index (χ3v) is 4.98. The quantitative estimate of drug-likeness (QED) is 0.839. The van der Waals surface area contributed by atoms with E-state index in [1.807, 2.05) is 24.0 Å². The average Bonchev–Trinajstić information content (AvgIpc) is 2.65. The average molecular weight is 373 g/mol. The number of ether oxygens (including phenoxy) is 1. The Morgan fingerprint density at radius 2 is 2.04 bits per heavy atom. The van der Waals surface area contributed by atoms with E-state index in [9.17, 15) is 14.3 Å². The Morgan fingerprint density at radius 3 is 2.67 bits per heavy atom. The Hall–Kier alpha value is -2.51. The van der Waals surface area contributed by atoms with E-state index in [1.165, 1.54) is 25.3 Å². The Bertz CT molecular complexity index is 807. The van der Waals surface area contributed by atoms with E-state index in [-0.39, 0.29) is 0 Å². The van der Waals surface area contributed by atoms with Crippen molar-refractivity contribution in [2.45, 2.75) is 19.5 Å². The van der Waals surface area contributed by atoms with E-state index < -0.39 is 17.8 Å². The van der Waals surface area contributed by atoms with Gasteiger partial charge < -0.3 is 9.84 Å². The SMILES string of the molecule is COc1ccc(F)cc1C(C(=O)O)N1CCN(Cc2ncccc2C)CC1. The van der Waals surface area contributed by atoms with E-state index in [1.54, 1.807) is 6.20 Å². The molecule has 1 unspecified atom stereocenters. The van der Waals surface area contributed by atoms with Crippen LogP contribution in [0.15, 0.2) is 36.5 Å². The van der Waals surface area contributed by atoms with E-state index in [0.717, 1.165) is 30.9 Å². The summed E-state index contributed by atoms with van der Waals surface area (Å²) in [6.45, 7) is 5.36. The molecular formula is C20H24FN3O3. The number of carboxylic acids is 1. The molecule has 0 radical (unpaired) electrons. The number of rotatable bonds is 6. The molecule has 144 valence electrons. The molecule has 1 aliphatic heterocycles. The molecule has 0 aliphatic carbocycles. The summed E-state index contributed by atoms with van der Waals surface area (Å²) >= 11 is 0. The number of piperazine rings is 1. The molecule has 1 atom stereocenters. The normalized spacial score (nSPS) is 16.9. The Balaban J connectivity index is 1.72. The maximum atomic E-state index is 13.7. The Morgan fingerprint density at radius 1 is 1.30 bits per heavy atom. The zero-order chi connectivity index (χ0) is 19.4. The third kappa shape index (κ3) is 4.43. The van der Waals surface area contributed by atoms with Gasteiger partial charge in [-0.05, 0) is 36.8 Å². The lowest BCUT2D eigenvalue weighted by molar-refractivity contribution is -0.144. The molecule has 0 spiro atoms. The molecule has 0 bridgehead atoms. The van der Waals surface area contributed by atoms with Crippen molar-refractivity contribution in [2.24, 2.45) is 0 Å². The van der Waals surface area contributed by atoms with Crippen LogP contribution in [0, 0.1) is 12.7 Å². The summed E-state index contributed by atoms with van der Waals surface area (Å²) in [5.41, 5.74) is 2.53. The van der Waals surface area contributed by atoms with Gasteiger partial charge >= 0.3 is 5.97 Å². The lowest BCUT2D eigenvalue weighted by Gasteiger charge is -2.38. The number of hydrogen-bond acceptors (Lipinski definition) is 5. The number of pyridine rings is 1. The van der Waals surface area contributed by atoms with Crippen LogP contribution in [0.1, 0.15) is 22.9 Å². The number of carbonyl (C=O) groups is 1. The van der Waals surface area contributed by atoms with Gasteiger partial charge in [-0.25, -0.2) is 4.39 Å². The second-order valence-corrected chi connectivity index (χ2v) is 6.71. The lowest BCUT2D eigenvalue weighted by atomic mass is 10.0. The second kappa shape index (κ2) is 8.45. The fraction of sp³-hybridized carbons (Fsp3) is 0.400. The number of benzene rings is 1. The zero-order valence-electron chi connectivity index (χ0n) is 15.6. The number of aromatic nitrogens is 1. The minimum absolute atomic E-state index is 0.346. The molecule has 1 fully saturated rings. The predicted octanol–water partition coefficient (Wildman–Crippen LogP) is 2.48. The van der Waals surface area contributed by atoms with Crippen LogP contribution in [0.3, 0.4) is 0 Å². The summed E-state index contributed by atoms with van der Waals surface area (Å²) in [7, 11) is 1.46. The van der Waals surface area contributed by atoms with Crippen LogP contribution in [0.4, 0.5) is 4.39 Å². The number of methoxy groups -OCH3 is 1. The highest BCUT2D eigenvalue weighted by molar-refractivity contribution is 5.76. The molecule has 2 aromatic rings. The Kier molecular flexibility index (Phi) is 6.03. The van der Waals surface area contributed by atoms with Crippen LogP contribution >= 0.6 is 0 Å². The van der Waals surface area contributed by atoms with Gasteiger partial charge in [0, 0.05) is 44.5 Å². The first-order valence-corrected chi connectivity index (χ1v) is 8.92. The maximum absolute atomic E-state index is 13.7. The maximum Gasteiger partial charge on any atom is 0.325 e. The minimum Gasteiger partial charge on any atom is -0.496 e. The molecule has 3 rings (SSSR count). The van der Waals surface area contributed by atoms with Crippen LogP contribution in [-0.4, -0.2) is 59.1 Å². The van der Waals surface area contributed by atoms with Crippen LogP contribution in [0.25, 0.3) is 0 Å². The molecule has 7 heteroatoms. The molecule has 2 heterocycles. The van der Waals surface area contributed by atoms with Crippen molar-refractivity contribution in [1.29, 1.82) is 0 Å². The highest BCUT2D eigenvalue weighted by atomic mass is 19.1. The molecule has 1 aliphatic rings. The lowest BCUT2D eigenvalue weighted by Crippen LogP contribution is -2.49. The van der Waals surface area contributed by atoms with E-state index >= 15 is 0 Å². The highest BCUT2D eigenvalue weighted by Crippen LogP contribution is 2.31. The third-order valence-electron chi connectivity index (χ3n) is 4.98. The van der Waals surface area contributed by atoms with Crippen LogP contribution in [-0.2, 0) is 11.3 Å².